The summed E-state index contributed by atoms with van der Waals surface area (Å²) in [5, 5.41) is 3.39. The Bertz CT molecular complexity index is 1060. The molecule has 3 rings (SSSR count). The van der Waals surface area contributed by atoms with Crippen molar-refractivity contribution in [1.29, 1.82) is 0 Å². The van der Waals surface area contributed by atoms with Crippen LogP contribution in [-0.4, -0.2) is 21.1 Å². The third-order valence-corrected chi connectivity index (χ3v) is 4.49. The van der Waals surface area contributed by atoms with Crippen molar-refractivity contribution in [1.82, 2.24) is 14.5 Å². The number of nitrogens with one attached hydrogen (secondary N) is 1. The van der Waals surface area contributed by atoms with Crippen molar-refractivity contribution in [2.45, 2.75) is 26.4 Å². The maximum atomic E-state index is 13.1. The molecule has 0 radical (unpaired) electrons. The lowest BCUT2D eigenvalue weighted by Crippen LogP contribution is -2.36. The standard InChI is InChI=1S/C22H22ClN3O2/c1-4-16-8-10-19(11-9-16)25-13-20(17-6-5-7-18(23)12-17)26(22(25)28)14-21(27)24-15(2)3/h4-13,15H,1,14H2,2-3H3,(H,24,27). The van der Waals surface area contributed by atoms with E-state index in [9.17, 15) is 9.59 Å². The molecule has 0 fully saturated rings. The quantitative estimate of drug-likeness (QED) is 0.682. The fourth-order valence-electron chi connectivity index (χ4n) is 2.98. The molecular weight excluding hydrogens is 374 g/mol. The van der Waals surface area contributed by atoms with Crippen LogP contribution in [0.4, 0.5) is 0 Å². The van der Waals surface area contributed by atoms with E-state index in [4.69, 9.17) is 11.6 Å². The molecule has 0 aliphatic heterocycles. The van der Waals surface area contributed by atoms with Gasteiger partial charge >= 0.3 is 5.69 Å². The van der Waals surface area contributed by atoms with Crippen LogP contribution in [0.2, 0.25) is 5.02 Å². The second kappa shape index (κ2) is 8.31. The Kier molecular flexibility index (Phi) is 5.85. The first kappa shape index (κ1) is 19.7. The van der Waals surface area contributed by atoms with Crippen molar-refractivity contribution < 1.29 is 4.79 Å². The largest absolute Gasteiger partial charge is 0.352 e. The number of carbonyl (C=O) groups is 1. The molecule has 0 aliphatic rings. The lowest BCUT2D eigenvalue weighted by molar-refractivity contribution is -0.122. The molecule has 0 aliphatic carbocycles. The summed E-state index contributed by atoms with van der Waals surface area (Å²) in [5.74, 6) is -0.222. The Morgan fingerprint density at radius 1 is 1.21 bits per heavy atom. The van der Waals surface area contributed by atoms with Crippen molar-refractivity contribution in [3.05, 3.63) is 82.4 Å². The zero-order valence-corrected chi connectivity index (χ0v) is 16.6. The minimum Gasteiger partial charge on any atom is -0.352 e. The van der Waals surface area contributed by atoms with Gasteiger partial charge in [-0.05, 0) is 43.7 Å². The van der Waals surface area contributed by atoms with E-state index in [-0.39, 0.29) is 24.2 Å². The summed E-state index contributed by atoms with van der Waals surface area (Å²) in [7, 11) is 0. The summed E-state index contributed by atoms with van der Waals surface area (Å²) in [6.07, 6.45) is 3.48. The van der Waals surface area contributed by atoms with Crippen LogP contribution in [0.1, 0.15) is 19.4 Å². The van der Waals surface area contributed by atoms with Crippen LogP contribution >= 0.6 is 11.6 Å². The van der Waals surface area contributed by atoms with E-state index in [2.05, 4.69) is 11.9 Å². The number of halogens is 1. The van der Waals surface area contributed by atoms with Gasteiger partial charge in [0.15, 0.2) is 0 Å². The Balaban J connectivity index is 2.12. The molecule has 0 saturated carbocycles. The van der Waals surface area contributed by atoms with Gasteiger partial charge in [-0.2, -0.15) is 0 Å². The summed E-state index contributed by atoms with van der Waals surface area (Å²) in [5.41, 5.74) is 2.77. The third-order valence-electron chi connectivity index (χ3n) is 4.26. The number of imidazole rings is 1. The summed E-state index contributed by atoms with van der Waals surface area (Å²) < 4.78 is 3.00. The van der Waals surface area contributed by atoms with Gasteiger partial charge in [0.2, 0.25) is 5.91 Å². The third kappa shape index (κ3) is 4.26. The molecule has 0 saturated heterocycles. The van der Waals surface area contributed by atoms with Crippen molar-refractivity contribution in [2.24, 2.45) is 0 Å². The van der Waals surface area contributed by atoms with Gasteiger partial charge in [-0.1, -0.05) is 48.5 Å². The van der Waals surface area contributed by atoms with Gasteiger partial charge in [0.1, 0.15) is 6.54 Å². The van der Waals surface area contributed by atoms with Crippen molar-refractivity contribution in [3.63, 3.8) is 0 Å². The van der Waals surface area contributed by atoms with Crippen LogP contribution in [0, 0.1) is 0 Å². The van der Waals surface area contributed by atoms with Crippen LogP contribution in [0.5, 0.6) is 0 Å². The Morgan fingerprint density at radius 3 is 2.54 bits per heavy atom. The predicted octanol–water partition coefficient (Wildman–Crippen LogP) is 4.13. The van der Waals surface area contributed by atoms with Gasteiger partial charge in [-0.15, -0.1) is 0 Å². The highest BCUT2D eigenvalue weighted by Gasteiger charge is 2.17. The monoisotopic (exact) mass is 395 g/mol. The molecule has 0 spiro atoms. The van der Waals surface area contributed by atoms with Crippen LogP contribution in [0.25, 0.3) is 23.0 Å². The topological polar surface area (TPSA) is 56.0 Å². The van der Waals surface area contributed by atoms with E-state index in [0.717, 1.165) is 11.1 Å². The van der Waals surface area contributed by atoms with Crippen molar-refractivity contribution >= 4 is 23.6 Å². The first-order valence-corrected chi connectivity index (χ1v) is 9.37. The first-order chi connectivity index (χ1) is 13.4. The molecule has 1 N–H and O–H groups in total. The smallest absolute Gasteiger partial charge is 0.333 e. The number of rotatable bonds is 6. The zero-order chi connectivity index (χ0) is 20.3. The van der Waals surface area contributed by atoms with Crippen LogP contribution in [0.3, 0.4) is 0 Å². The molecule has 5 nitrogen and oxygen atoms in total. The summed E-state index contributed by atoms with van der Waals surface area (Å²) in [6, 6.07) is 14.7. The average Bonchev–Trinajstić information content (AvgIpc) is 2.98. The lowest BCUT2D eigenvalue weighted by Gasteiger charge is -2.10. The second-order valence-corrected chi connectivity index (χ2v) is 7.22. The zero-order valence-electron chi connectivity index (χ0n) is 15.9. The maximum absolute atomic E-state index is 13.1. The minimum atomic E-state index is -0.291. The Hall–Kier alpha value is -3.05. The molecule has 144 valence electrons. The molecule has 2 aromatic carbocycles. The number of nitrogens with zero attached hydrogens (tertiary/aromatic N) is 2. The molecule has 6 heteroatoms. The number of hydrogen-bond acceptors (Lipinski definition) is 2. The van der Waals surface area contributed by atoms with Crippen LogP contribution in [0.15, 0.2) is 66.1 Å². The molecule has 1 amide bonds. The molecule has 0 atom stereocenters. The Labute approximate surface area is 168 Å². The summed E-state index contributed by atoms with van der Waals surface area (Å²) in [4.78, 5) is 25.5. The molecule has 28 heavy (non-hydrogen) atoms. The maximum Gasteiger partial charge on any atom is 0.333 e. The average molecular weight is 396 g/mol. The van der Waals surface area contributed by atoms with E-state index >= 15 is 0 Å². The number of hydrogen-bond donors (Lipinski definition) is 1. The number of amides is 1. The molecule has 1 heterocycles. The highest BCUT2D eigenvalue weighted by Crippen LogP contribution is 2.23. The predicted molar refractivity (Wildman–Crippen MR) is 114 cm³/mol. The van der Waals surface area contributed by atoms with Gasteiger partial charge in [0, 0.05) is 22.8 Å². The summed E-state index contributed by atoms with van der Waals surface area (Å²) >= 11 is 6.14. The molecular formula is C22H22ClN3O2. The van der Waals surface area contributed by atoms with Gasteiger partial charge in [0.25, 0.3) is 0 Å². The minimum absolute atomic E-state index is 0.00800. The molecule has 3 aromatic rings. The van der Waals surface area contributed by atoms with Gasteiger partial charge in [0.05, 0.1) is 11.4 Å². The lowest BCUT2D eigenvalue weighted by atomic mass is 10.1. The second-order valence-electron chi connectivity index (χ2n) is 6.78. The normalized spacial score (nSPS) is 10.9. The molecule has 0 bridgehead atoms. The molecule has 0 unspecified atom stereocenters. The van der Waals surface area contributed by atoms with E-state index in [1.807, 2.05) is 50.2 Å². The number of carbonyl (C=O) groups excluding carboxylic acids is 1. The number of aromatic nitrogens is 2. The highest BCUT2D eigenvalue weighted by atomic mass is 35.5. The van der Waals surface area contributed by atoms with Gasteiger partial charge in [-0.25, -0.2) is 4.79 Å². The van der Waals surface area contributed by atoms with Crippen LogP contribution < -0.4 is 11.0 Å². The first-order valence-electron chi connectivity index (χ1n) is 8.99. The van der Waals surface area contributed by atoms with E-state index in [0.29, 0.717) is 16.4 Å². The fourth-order valence-corrected chi connectivity index (χ4v) is 3.17. The van der Waals surface area contributed by atoms with Crippen LogP contribution in [-0.2, 0) is 11.3 Å². The fraction of sp³-hybridized carbons (Fsp3) is 0.182. The SMILES string of the molecule is C=Cc1ccc(-n2cc(-c3cccc(Cl)c3)n(CC(=O)NC(C)C)c2=O)cc1. The van der Waals surface area contributed by atoms with Gasteiger partial charge < -0.3 is 5.32 Å². The van der Waals surface area contributed by atoms with E-state index in [1.54, 1.807) is 24.4 Å². The van der Waals surface area contributed by atoms with E-state index < -0.39 is 0 Å². The molecule has 1 aromatic heterocycles. The Morgan fingerprint density at radius 2 is 1.93 bits per heavy atom. The van der Waals surface area contributed by atoms with Gasteiger partial charge in [-0.3, -0.25) is 13.9 Å². The summed E-state index contributed by atoms with van der Waals surface area (Å²) in [6.45, 7) is 7.43. The van der Waals surface area contributed by atoms with Crippen molar-refractivity contribution in [3.8, 4) is 16.9 Å². The number of benzene rings is 2. The van der Waals surface area contributed by atoms with E-state index in [1.165, 1.54) is 9.13 Å². The highest BCUT2D eigenvalue weighted by molar-refractivity contribution is 6.30. The van der Waals surface area contributed by atoms with Crippen molar-refractivity contribution in [2.75, 3.05) is 0 Å².